The van der Waals surface area contributed by atoms with E-state index in [1.807, 2.05) is 6.92 Å². The summed E-state index contributed by atoms with van der Waals surface area (Å²) in [6.07, 6.45) is 0.310. The molecule has 98 valence electrons. The molecule has 0 bridgehead atoms. The van der Waals surface area contributed by atoms with Crippen LogP contribution in [0.25, 0.3) is 0 Å². The summed E-state index contributed by atoms with van der Waals surface area (Å²) in [6.45, 7) is 3.30. The van der Waals surface area contributed by atoms with E-state index in [2.05, 4.69) is 10.6 Å². The van der Waals surface area contributed by atoms with Crippen molar-refractivity contribution in [3.05, 3.63) is 33.3 Å². The molecular formula is C11H14ClN3O3. The van der Waals surface area contributed by atoms with Gasteiger partial charge in [-0.1, -0.05) is 18.5 Å². The molecule has 0 saturated carbocycles. The molecule has 1 aromatic rings. The predicted octanol–water partition coefficient (Wildman–Crippen LogP) is 2.19. The van der Waals surface area contributed by atoms with E-state index in [0.29, 0.717) is 18.7 Å². The highest BCUT2D eigenvalue weighted by Crippen LogP contribution is 2.27. The topological polar surface area (TPSA) is 84.3 Å². The molecule has 1 aromatic carbocycles. The van der Waals surface area contributed by atoms with Crippen LogP contribution >= 0.6 is 11.6 Å². The van der Waals surface area contributed by atoms with E-state index < -0.39 is 4.92 Å². The molecule has 0 aliphatic rings. The average Bonchev–Trinajstić information content (AvgIpc) is 2.31. The van der Waals surface area contributed by atoms with E-state index in [1.54, 1.807) is 0 Å². The van der Waals surface area contributed by atoms with Gasteiger partial charge in [0.1, 0.15) is 5.02 Å². The highest BCUT2D eigenvalue weighted by Gasteiger charge is 2.13. The van der Waals surface area contributed by atoms with Gasteiger partial charge < -0.3 is 10.6 Å². The third kappa shape index (κ3) is 4.31. The highest BCUT2D eigenvalue weighted by molar-refractivity contribution is 6.32. The van der Waals surface area contributed by atoms with Crippen LogP contribution in [-0.4, -0.2) is 23.9 Å². The van der Waals surface area contributed by atoms with Gasteiger partial charge >= 0.3 is 0 Å². The van der Waals surface area contributed by atoms with Crippen LogP contribution in [-0.2, 0) is 4.79 Å². The van der Waals surface area contributed by atoms with Crippen molar-refractivity contribution < 1.29 is 9.72 Å². The molecule has 0 heterocycles. The summed E-state index contributed by atoms with van der Waals surface area (Å²) >= 11 is 5.67. The van der Waals surface area contributed by atoms with Crippen LogP contribution in [0.4, 0.5) is 11.4 Å². The highest BCUT2D eigenvalue weighted by atomic mass is 35.5. The number of nitro benzene ring substituents is 1. The van der Waals surface area contributed by atoms with E-state index in [-0.39, 0.29) is 16.6 Å². The van der Waals surface area contributed by atoms with Crippen LogP contribution in [0.3, 0.4) is 0 Å². The number of carbonyl (C=O) groups is 1. The van der Waals surface area contributed by atoms with Crippen molar-refractivity contribution in [3.8, 4) is 0 Å². The van der Waals surface area contributed by atoms with Crippen LogP contribution in [0.15, 0.2) is 18.2 Å². The summed E-state index contributed by atoms with van der Waals surface area (Å²) in [5.41, 5.74) is 0.147. The quantitative estimate of drug-likeness (QED) is 0.472. The molecule has 6 nitrogen and oxygen atoms in total. The zero-order chi connectivity index (χ0) is 13.5. The number of rotatable bonds is 6. The predicted molar refractivity (Wildman–Crippen MR) is 69.9 cm³/mol. The maximum atomic E-state index is 11.5. The van der Waals surface area contributed by atoms with E-state index in [4.69, 9.17) is 11.6 Å². The first-order valence-electron chi connectivity index (χ1n) is 5.49. The second-order valence-electron chi connectivity index (χ2n) is 3.58. The van der Waals surface area contributed by atoms with Gasteiger partial charge in [0.05, 0.1) is 4.92 Å². The molecule has 2 N–H and O–H groups in total. The normalized spacial score (nSPS) is 10.1. The minimum atomic E-state index is -0.587. The lowest BCUT2D eigenvalue weighted by Crippen LogP contribution is -2.21. The third-order valence-electron chi connectivity index (χ3n) is 2.21. The van der Waals surface area contributed by atoms with Gasteiger partial charge in [0.15, 0.2) is 0 Å². The summed E-state index contributed by atoms with van der Waals surface area (Å²) in [7, 11) is 0. The Morgan fingerprint density at radius 1 is 1.50 bits per heavy atom. The molecule has 0 aliphatic carbocycles. The van der Waals surface area contributed by atoms with E-state index in [9.17, 15) is 14.9 Å². The van der Waals surface area contributed by atoms with Crippen molar-refractivity contribution in [3.63, 3.8) is 0 Å². The first-order valence-corrected chi connectivity index (χ1v) is 5.87. The Hall–Kier alpha value is -1.66. The molecule has 0 aliphatic heterocycles. The number of nitrogens with zero attached hydrogens (tertiary/aromatic N) is 1. The summed E-state index contributed by atoms with van der Waals surface area (Å²) in [6, 6.07) is 4.16. The largest absolute Gasteiger partial charge is 0.326 e. The number of carbonyl (C=O) groups excluding carboxylic acids is 1. The summed E-state index contributed by atoms with van der Waals surface area (Å²) in [4.78, 5) is 21.6. The van der Waals surface area contributed by atoms with Crippen molar-refractivity contribution in [2.75, 3.05) is 18.4 Å². The van der Waals surface area contributed by atoms with Gasteiger partial charge in [0, 0.05) is 24.7 Å². The second kappa shape index (κ2) is 6.93. The molecule has 0 aromatic heterocycles. The molecule has 0 radical (unpaired) electrons. The number of nitro groups is 1. The lowest BCUT2D eigenvalue weighted by molar-refractivity contribution is -0.384. The van der Waals surface area contributed by atoms with Crippen LogP contribution < -0.4 is 10.6 Å². The summed E-state index contributed by atoms with van der Waals surface area (Å²) < 4.78 is 0. The van der Waals surface area contributed by atoms with Gasteiger partial charge in [-0.3, -0.25) is 14.9 Å². The van der Waals surface area contributed by atoms with Gasteiger partial charge in [0.2, 0.25) is 5.91 Å². The van der Waals surface area contributed by atoms with Crippen LogP contribution in [0.2, 0.25) is 5.02 Å². The molecule has 0 atom stereocenters. The minimum absolute atomic E-state index is 0.0469. The fourth-order valence-corrected chi connectivity index (χ4v) is 1.52. The molecule has 0 spiro atoms. The van der Waals surface area contributed by atoms with Crippen LogP contribution in [0.5, 0.6) is 0 Å². The van der Waals surface area contributed by atoms with Gasteiger partial charge in [-0.25, -0.2) is 0 Å². The maximum absolute atomic E-state index is 11.5. The Labute approximate surface area is 109 Å². The zero-order valence-corrected chi connectivity index (χ0v) is 10.7. The molecule has 0 fully saturated rings. The van der Waals surface area contributed by atoms with E-state index in [0.717, 1.165) is 6.54 Å². The number of anilines is 1. The van der Waals surface area contributed by atoms with Crippen molar-refractivity contribution in [2.45, 2.75) is 13.3 Å². The summed E-state index contributed by atoms with van der Waals surface area (Å²) in [5, 5.41) is 16.3. The fourth-order valence-electron chi connectivity index (χ4n) is 1.33. The Morgan fingerprint density at radius 2 is 2.22 bits per heavy atom. The molecule has 0 unspecified atom stereocenters. The Bertz CT molecular complexity index is 451. The first kappa shape index (κ1) is 14.4. The minimum Gasteiger partial charge on any atom is -0.326 e. The molecule has 7 heteroatoms. The second-order valence-corrected chi connectivity index (χ2v) is 3.98. The van der Waals surface area contributed by atoms with E-state index >= 15 is 0 Å². The zero-order valence-electron chi connectivity index (χ0n) is 9.90. The van der Waals surface area contributed by atoms with Crippen LogP contribution in [0, 0.1) is 10.1 Å². The summed E-state index contributed by atoms with van der Waals surface area (Å²) in [5.74, 6) is -0.201. The van der Waals surface area contributed by atoms with Gasteiger partial charge in [0.25, 0.3) is 5.69 Å². The number of benzene rings is 1. The van der Waals surface area contributed by atoms with E-state index in [1.165, 1.54) is 18.2 Å². The fraction of sp³-hybridized carbons (Fsp3) is 0.364. The number of amides is 1. The maximum Gasteiger partial charge on any atom is 0.289 e. The van der Waals surface area contributed by atoms with Gasteiger partial charge in [-0.05, 0) is 18.7 Å². The van der Waals surface area contributed by atoms with Crippen molar-refractivity contribution in [1.82, 2.24) is 5.32 Å². The first-order chi connectivity index (χ1) is 8.54. The van der Waals surface area contributed by atoms with Crippen LogP contribution in [0.1, 0.15) is 13.3 Å². The third-order valence-corrected chi connectivity index (χ3v) is 2.53. The number of halogens is 1. The number of hydrogen-bond acceptors (Lipinski definition) is 4. The monoisotopic (exact) mass is 271 g/mol. The molecule has 18 heavy (non-hydrogen) atoms. The molecule has 1 amide bonds. The SMILES string of the molecule is CCNCCC(=O)Nc1ccc(Cl)c([N+](=O)[O-])c1. The van der Waals surface area contributed by atoms with Gasteiger partial charge in [-0.2, -0.15) is 0 Å². The van der Waals surface area contributed by atoms with Crippen molar-refractivity contribution in [2.24, 2.45) is 0 Å². The number of nitrogens with one attached hydrogen (secondary N) is 2. The Morgan fingerprint density at radius 3 is 2.83 bits per heavy atom. The lowest BCUT2D eigenvalue weighted by Gasteiger charge is -2.06. The number of hydrogen-bond donors (Lipinski definition) is 2. The Kier molecular flexibility index (Phi) is 5.54. The lowest BCUT2D eigenvalue weighted by atomic mass is 10.2. The molecule has 0 saturated heterocycles. The average molecular weight is 272 g/mol. The van der Waals surface area contributed by atoms with Crippen molar-refractivity contribution in [1.29, 1.82) is 0 Å². The standard InChI is InChI=1S/C11H14ClN3O3/c1-2-13-6-5-11(16)14-8-3-4-9(12)10(7-8)15(17)18/h3-4,7,13H,2,5-6H2,1H3,(H,14,16). The molecular weight excluding hydrogens is 258 g/mol. The van der Waals surface area contributed by atoms with Gasteiger partial charge in [-0.15, -0.1) is 0 Å². The van der Waals surface area contributed by atoms with Crippen molar-refractivity contribution >= 4 is 28.9 Å². The smallest absolute Gasteiger partial charge is 0.289 e. The Balaban J connectivity index is 2.65. The molecule has 1 rings (SSSR count).